The first-order valence-electron chi connectivity index (χ1n) is 8.21. The highest BCUT2D eigenvalue weighted by Crippen LogP contribution is 2.28. The fourth-order valence-corrected chi connectivity index (χ4v) is 3.63. The minimum Gasteiger partial charge on any atom is -0.506 e. The second-order valence-electron chi connectivity index (χ2n) is 5.98. The molecule has 1 aliphatic heterocycles. The van der Waals surface area contributed by atoms with Crippen LogP contribution in [0.2, 0.25) is 0 Å². The summed E-state index contributed by atoms with van der Waals surface area (Å²) in [5, 5.41) is 14.1. The molecular formula is C19H18N2O5S. The van der Waals surface area contributed by atoms with Gasteiger partial charge in [-0.3, -0.25) is 19.7 Å². The van der Waals surface area contributed by atoms with Crippen LogP contribution in [0, 0.1) is 0 Å². The smallest absolute Gasteiger partial charge is 0.286 e. The Balaban J connectivity index is 1.70. The highest BCUT2D eigenvalue weighted by Gasteiger charge is 2.31. The molecule has 1 unspecified atom stereocenters. The molecule has 0 aliphatic carbocycles. The van der Waals surface area contributed by atoms with Crippen LogP contribution in [0.4, 0.5) is 10.5 Å². The van der Waals surface area contributed by atoms with Crippen molar-refractivity contribution in [2.45, 2.75) is 18.1 Å². The Bertz CT molecular complexity index is 899. The third-order valence-electron chi connectivity index (χ3n) is 4.07. The van der Waals surface area contributed by atoms with Gasteiger partial charge in [-0.05, 0) is 30.2 Å². The van der Waals surface area contributed by atoms with Crippen LogP contribution in [0.3, 0.4) is 0 Å². The van der Waals surface area contributed by atoms with Crippen LogP contribution in [0.25, 0.3) is 0 Å². The lowest BCUT2D eigenvalue weighted by Gasteiger charge is -2.12. The number of hydrogen-bond acceptors (Lipinski definition) is 6. The van der Waals surface area contributed by atoms with E-state index in [-0.39, 0.29) is 34.9 Å². The van der Waals surface area contributed by atoms with E-state index in [0.717, 1.165) is 22.9 Å². The number of phenols is 1. The molecule has 0 bridgehead atoms. The summed E-state index contributed by atoms with van der Waals surface area (Å²) in [5.41, 5.74) is 1.70. The Hall–Kier alpha value is -3.00. The lowest BCUT2D eigenvalue weighted by atomic mass is 10.1. The molecule has 1 atom stereocenters. The summed E-state index contributed by atoms with van der Waals surface area (Å²) in [6, 6.07) is 11.9. The Kier molecular flexibility index (Phi) is 5.66. The number of carbonyl (C=O) groups is 3. The average molecular weight is 386 g/mol. The molecule has 3 N–H and O–H groups in total. The number of methoxy groups -OCH3 is 1. The van der Waals surface area contributed by atoms with Gasteiger partial charge >= 0.3 is 0 Å². The molecule has 0 radical (unpaired) electrons. The maximum Gasteiger partial charge on any atom is 0.286 e. The van der Waals surface area contributed by atoms with Crippen LogP contribution in [0.1, 0.15) is 11.1 Å². The number of nitrogens with one attached hydrogen (secondary N) is 2. The van der Waals surface area contributed by atoms with Gasteiger partial charge in [0.25, 0.3) is 5.24 Å². The molecule has 7 nitrogen and oxygen atoms in total. The van der Waals surface area contributed by atoms with E-state index in [1.165, 1.54) is 13.2 Å². The summed E-state index contributed by atoms with van der Waals surface area (Å²) in [6.07, 6.45) is 0.404. The van der Waals surface area contributed by atoms with E-state index >= 15 is 0 Å². The average Bonchev–Trinajstić information content (AvgIpc) is 2.95. The van der Waals surface area contributed by atoms with Crippen LogP contribution < -0.4 is 15.4 Å². The van der Waals surface area contributed by atoms with Crippen LogP contribution in [-0.2, 0) is 22.4 Å². The van der Waals surface area contributed by atoms with Gasteiger partial charge in [-0.1, -0.05) is 36.0 Å². The quantitative estimate of drug-likeness (QED) is 0.659. The SMILES string of the molecule is COc1ccccc1CC(=O)Nc1cc(CC2SC(=O)NC2=O)ccc1O. The molecule has 2 aromatic carbocycles. The van der Waals surface area contributed by atoms with Crippen molar-refractivity contribution in [3.05, 3.63) is 53.6 Å². The number of para-hydroxylation sites is 1. The molecule has 1 fully saturated rings. The molecule has 0 spiro atoms. The molecule has 3 rings (SSSR count). The first-order chi connectivity index (χ1) is 13.0. The number of rotatable bonds is 6. The Morgan fingerprint density at radius 2 is 2.04 bits per heavy atom. The monoisotopic (exact) mass is 386 g/mol. The van der Waals surface area contributed by atoms with E-state index in [9.17, 15) is 19.5 Å². The van der Waals surface area contributed by atoms with Crippen molar-refractivity contribution in [2.75, 3.05) is 12.4 Å². The summed E-state index contributed by atoms with van der Waals surface area (Å²) >= 11 is 0.935. The Morgan fingerprint density at radius 1 is 1.26 bits per heavy atom. The summed E-state index contributed by atoms with van der Waals surface area (Å²) in [5.74, 6) is -0.110. The molecule has 1 heterocycles. The maximum atomic E-state index is 12.4. The van der Waals surface area contributed by atoms with E-state index in [1.54, 1.807) is 24.3 Å². The Morgan fingerprint density at radius 3 is 2.74 bits per heavy atom. The standard InChI is InChI=1S/C19H18N2O5S/c1-26-15-5-3-2-4-12(15)10-17(23)20-13-8-11(6-7-14(13)22)9-16-18(24)21-19(25)27-16/h2-8,16,22H,9-10H2,1H3,(H,20,23)(H,21,24,25). The molecule has 27 heavy (non-hydrogen) atoms. The lowest BCUT2D eigenvalue weighted by Crippen LogP contribution is -2.25. The van der Waals surface area contributed by atoms with Crippen molar-refractivity contribution in [2.24, 2.45) is 0 Å². The second-order valence-corrected chi connectivity index (χ2v) is 7.15. The molecule has 3 amide bonds. The van der Waals surface area contributed by atoms with Gasteiger partial charge in [0.05, 0.1) is 24.5 Å². The van der Waals surface area contributed by atoms with Gasteiger partial charge in [-0.15, -0.1) is 0 Å². The van der Waals surface area contributed by atoms with E-state index in [0.29, 0.717) is 12.2 Å². The summed E-state index contributed by atoms with van der Waals surface area (Å²) < 4.78 is 5.24. The normalized spacial score (nSPS) is 16.1. The van der Waals surface area contributed by atoms with Gasteiger partial charge in [-0.2, -0.15) is 0 Å². The van der Waals surface area contributed by atoms with Crippen molar-refractivity contribution in [3.8, 4) is 11.5 Å². The van der Waals surface area contributed by atoms with E-state index in [1.807, 2.05) is 12.1 Å². The number of phenolic OH excluding ortho intramolecular Hbond substituents is 1. The fourth-order valence-electron chi connectivity index (χ4n) is 2.77. The van der Waals surface area contributed by atoms with Crippen molar-refractivity contribution in [1.82, 2.24) is 5.32 Å². The largest absolute Gasteiger partial charge is 0.506 e. The van der Waals surface area contributed by atoms with Crippen molar-refractivity contribution in [3.63, 3.8) is 0 Å². The van der Waals surface area contributed by atoms with Crippen molar-refractivity contribution >= 4 is 34.5 Å². The minimum absolute atomic E-state index is 0.0771. The van der Waals surface area contributed by atoms with E-state index in [4.69, 9.17) is 4.74 Å². The van der Waals surface area contributed by atoms with Crippen molar-refractivity contribution < 1.29 is 24.2 Å². The highest BCUT2D eigenvalue weighted by atomic mass is 32.2. The van der Waals surface area contributed by atoms with Gasteiger partial charge in [0.15, 0.2) is 0 Å². The fraction of sp³-hybridized carbons (Fsp3) is 0.211. The molecule has 1 aliphatic rings. The minimum atomic E-state index is -0.515. The van der Waals surface area contributed by atoms with Gasteiger partial charge in [0.2, 0.25) is 11.8 Å². The zero-order valence-corrected chi connectivity index (χ0v) is 15.3. The number of amides is 3. The van der Waals surface area contributed by atoms with Crippen LogP contribution in [0.5, 0.6) is 11.5 Å². The molecule has 0 aromatic heterocycles. The van der Waals surface area contributed by atoms with E-state index < -0.39 is 5.25 Å². The second kappa shape index (κ2) is 8.13. The number of benzene rings is 2. The number of hydrogen-bond donors (Lipinski definition) is 3. The number of thioether (sulfide) groups is 1. The van der Waals surface area contributed by atoms with Crippen LogP contribution in [-0.4, -0.2) is 34.5 Å². The molecule has 1 saturated heterocycles. The van der Waals surface area contributed by atoms with E-state index in [2.05, 4.69) is 10.6 Å². The predicted molar refractivity (Wildman–Crippen MR) is 102 cm³/mol. The van der Waals surface area contributed by atoms with Gasteiger partial charge in [-0.25, -0.2) is 0 Å². The van der Waals surface area contributed by atoms with Crippen molar-refractivity contribution in [1.29, 1.82) is 0 Å². The molecule has 2 aromatic rings. The number of aromatic hydroxyl groups is 1. The maximum absolute atomic E-state index is 12.4. The molecule has 0 saturated carbocycles. The molecule has 8 heteroatoms. The van der Waals surface area contributed by atoms with Crippen LogP contribution in [0.15, 0.2) is 42.5 Å². The van der Waals surface area contributed by atoms with Crippen LogP contribution >= 0.6 is 11.8 Å². The third kappa shape index (κ3) is 4.59. The zero-order chi connectivity index (χ0) is 19.4. The predicted octanol–water partition coefficient (Wildman–Crippen LogP) is 2.48. The molecular weight excluding hydrogens is 368 g/mol. The molecule has 140 valence electrons. The van der Waals surface area contributed by atoms with Gasteiger partial charge in [0, 0.05) is 5.56 Å². The lowest BCUT2D eigenvalue weighted by molar-refractivity contribution is -0.119. The zero-order valence-electron chi connectivity index (χ0n) is 14.5. The first-order valence-corrected chi connectivity index (χ1v) is 9.09. The third-order valence-corrected chi connectivity index (χ3v) is 5.05. The number of ether oxygens (including phenoxy) is 1. The summed E-state index contributed by atoms with van der Waals surface area (Å²) in [6.45, 7) is 0. The number of imide groups is 1. The topological polar surface area (TPSA) is 105 Å². The highest BCUT2D eigenvalue weighted by molar-refractivity contribution is 8.15. The number of anilines is 1. The number of carbonyl (C=O) groups excluding carboxylic acids is 3. The summed E-state index contributed by atoms with van der Waals surface area (Å²) in [4.78, 5) is 35.3. The Labute approximate surface area is 160 Å². The summed E-state index contributed by atoms with van der Waals surface area (Å²) in [7, 11) is 1.54. The van der Waals surface area contributed by atoms with Gasteiger partial charge in [0.1, 0.15) is 11.5 Å². The first kappa shape index (κ1) is 18.8. The van der Waals surface area contributed by atoms with Gasteiger partial charge < -0.3 is 15.2 Å².